The molecule has 8 aliphatic carbocycles. The van der Waals surface area contributed by atoms with Crippen LogP contribution in [0.5, 0.6) is 0 Å². The van der Waals surface area contributed by atoms with E-state index in [4.69, 9.17) is 33.2 Å². The van der Waals surface area contributed by atoms with Crippen molar-refractivity contribution in [3.63, 3.8) is 0 Å². The number of hydrogen-bond donors (Lipinski definition) is 0. The first kappa shape index (κ1) is 39.4. The van der Waals surface area contributed by atoms with Gasteiger partial charge in [-0.1, -0.05) is 33.3 Å². The fraction of sp³-hybridized carbons (Fsp3) is 0.833. The number of ketones is 2. The second-order valence-corrected chi connectivity index (χ2v) is 22.6. The van der Waals surface area contributed by atoms with E-state index >= 15 is 0 Å². The maximum absolute atomic E-state index is 13.2. The Morgan fingerprint density at radius 1 is 0.721 bits per heavy atom. The highest BCUT2D eigenvalue weighted by Gasteiger charge is 2.91. The third-order valence-electron chi connectivity index (χ3n) is 21.3. The summed E-state index contributed by atoms with van der Waals surface area (Å²) in [5.41, 5.74) is -1.74. The molecule has 5 heterocycles. The van der Waals surface area contributed by atoms with E-state index in [2.05, 4.69) is 27.7 Å². The van der Waals surface area contributed by atoms with Gasteiger partial charge in [-0.3, -0.25) is 28.8 Å². The molecule has 5 saturated heterocycles. The average molecular weight is 845 g/mol. The fourth-order valence-electron chi connectivity index (χ4n) is 18.2. The lowest BCUT2D eigenvalue weighted by atomic mass is 9.41. The van der Waals surface area contributed by atoms with Crippen LogP contribution in [-0.4, -0.2) is 96.5 Å². The molecule has 19 atom stereocenters. The monoisotopic (exact) mass is 844 g/mol. The molecular weight excluding hydrogens is 785 g/mol. The Kier molecular flexibility index (Phi) is 7.72. The third-order valence-corrected chi connectivity index (χ3v) is 21.3. The Balaban J connectivity index is 0.000000131. The molecular formula is C48H60O13. The van der Waals surface area contributed by atoms with Crippen molar-refractivity contribution in [3.8, 4) is 0 Å². The van der Waals surface area contributed by atoms with Crippen LogP contribution in [0.2, 0.25) is 0 Å². The molecule has 61 heavy (non-hydrogen) atoms. The van der Waals surface area contributed by atoms with Gasteiger partial charge in [0.15, 0.2) is 11.6 Å². The number of rotatable bonds is 2. The average Bonchev–Trinajstić information content (AvgIpc) is 4.18. The largest absolute Gasteiger partial charge is 0.469 e. The van der Waals surface area contributed by atoms with Crippen molar-refractivity contribution in [3.05, 3.63) is 11.6 Å². The first-order valence-electron chi connectivity index (χ1n) is 23.3. The molecule has 13 rings (SSSR count). The molecule has 13 nitrogen and oxygen atoms in total. The maximum Gasteiger partial charge on any atom is 0.309 e. The zero-order chi connectivity index (χ0) is 42.7. The number of epoxide rings is 3. The number of Topliss-reactive ketones (excluding diaryl/α,β-unsaturated/α-hetero) is 1. The van der Waals surface area contributed by atoms with Gasteiger partial charge in [-0.25, -0.2) is 0 Å². The molecule has 330 valence electrons. The van der Waals surface area contributed by atoms with E-state index < -0.39 is 28.5 Å². The molecule has 13 aliphatic rings. The van der Waals surface area contributed by atoms with Crippen molar-refractivity contribution in [1.82, 2.24) is 0 Å². The highest BCUT2D eigenvalue weighted by Crippen LogP contribution is 2.82. The molecule has 0 N–H and O–H groups in total. The van der Waals surface area contributed by atoms with Gasteiger partial charge in [0, 0.05) is 53.8 Å². The zero-order valence-corrected chi connectivity index (χ0v) is 36.3. The molecule has 0 amide bonds. The lowest BCUT2D eigenvalue weighted by Crippen LogP contribution is -2.68. The summed E-state index contributed by atoms with van der Waals surface area (Å²) >= 11 is 0. The molecule has 7 saturated carbocycles. The SMILES string of the molecule is COC(=O)[C@H]1CC2=CC(=O)CC[C@]2(C)C2C1C1CCC3(CCC(=O)O3)[C@@]1(C)[C@@H]1O[C@H]21.COC(=O)[C@H]1C[C@]23O[C@H]2C(=O)CC[C@]3(C)[C@]23O[C@H]2C[C@@]2(C)C(CCC24CCC(=O)O4)C13. The zero-order valence-electron chi connectivity index (χ0n) is 36.3. The smallest absolute Gasteiger partial charge is 0.309 e. The molecule has 0 aromatic heterocycles. The quantitative estimate of drug-likeness (QED) is 0.199. The van der Waals surface area contributed by atoms with E-state index in [1.165, 1.54) is 14.2 Å². The number of methoxy groups -OCH3 is 2. The number of hydrogen-bond acceptors (Lipinski definition) is 13. The molecule has 4 spiro atoms. The Hall–Kier alpha value is -3.16. The molecule has 0 radical (unpaired) electrons. The minimum Gasteiger partial charge on any atom is -0.469 e. The van der Waals surface area contributed by atoms with Gasteiger partial charge in [-0.05, 0) is 99.9 Å². The van der Waals surface area contributed by atoms with Gasteiger partial charge in [-0.15, -0.1) is 0 Å². The molecule has 13 heteroatoms. The molecule has 7 unspecified atom stereocenters. The Morgan fingerprint density at radius 3 is 2.08 bits per heavy atom. The molecule has 5 aliphatic heterocycles. The number of ether oxygens (including phenoxy) is 7. The minimum absolute atomic E-state index is 0.000380. The molecule has 12 fully saturated rings. The number of fused-ring (bicyclic) bond motifs is 12. The summed E-state index contributed by atoms with van der Waals surface area (Å²) < 4.78 is 42.0. The summed E-state index contributed by atoms with van der Waals surface area (Å²) in [7, 11) is 2.90. The predicted octanol–water partition coefficient (Wildman–Crippen LogP) is 5.32. The van der Waals surface area contributed by atoms with Crippen molar-refractivity contribution >= 4 is 35.4 Å². The van der Waals surface area contributed by atoms with Crippen molar-refractivity contribution < 1.29 is 61.9 Å². The number of esters is 4. The van der Waals surface area contributed by atoms with Crippen molar-refractivity contribution in [2.45, 2.75) is 171 Å². The van der Waals surface area contributed by atoms with E-state index in [0.29, 0.717) is 38.5 Å². The second kappa shape index (κ2) is 11.9. The van der Waals surface area contributed by atoms with Gasteiger partial charge >= 0.3 is 23.9 Å². The second-order valence-electron chi connectivity index (χ2n) is 22.6. The van der Waals surface area contributed by atoms with Crippen LogP contribution in [0, 0.1) is 63.1 Å². The van der Waals surface area contributed by atoms with Gasteiger partial charge in [0.25, 0.3) is 0 Å². The van der Waals surface area contributed by atoms with Crippen molar-refractivity contribution in [2.75, 3.05) is 14.2 Å². The summed E-state index contributed by atoms with van der Waals surface area (Å²) in [6.07, 6.45) is 12.1. The third kappa shape index (κ3) is 4.41. The van der Waals surface area contributed by atoms with Crippen molar-refractivity contribution in [2.24, 2.45) is 63.1 Å². The summed E-state index contributed by atoms with van der Waals surface area (Å²) in [4.78, 5) is 75.2. The lowest BCUT2D eigenvalue weighted by molar-refractivity contribution is -0.184. The van der Waals surface area contributed by atoms with Crippen LogP contribution in [-0.2, 0) is 61.9 Å². The van der Waals surface area contributed by atoms with E-state index in [1.54, 1.807) is 6.08 Å². The number of allylic oxidation sites excluding steroid dienone is 1. The van der Waals surface area contributed by atoms with Crippen LogP contribution in [0.1, 0.15) is 124 Å². The van der Waals surface area contributed by atoms with Gasteiger partial charge in [-0.2, -0.15) is 0 Å². The van der Waals surface area contributed by atoms with Crippen LogP contribution in [0.4, 0.5) is 0 Å². The Bertz CT molecular complexity index is 2130. The molecule has 0 aromatic rings. The number of carbonyl (C=O) groups is 6. The van der Waals surface area contributed by atoms with Crippen LogP contribution in [0.3, 0.4) is 0 Å². The van der Waals surface area contributed by atoms with E-state index in [9.17, 15) is 28.8 Å². The summed E-state index contributed by atoms with van der Waals surface area (Å²) in [5.74, 6) is -0.149. The maximum atomic E-state index is 13.2. The predicted molar refractivity (Wildman–Crippen MR) is 210 cm³/mol. The number of carbonyl (C=O) groups excluding carboxylic acids is 6. The summed E-state index contributed by atoms with van der Waals surface area (Å²) in [6.45, 7) is 9.02. The first-order chi connectivity index (χ1) is 28.9. The van der Waals surface area contributed by atoms with Gasteiger partial charge in [0.05, 0.1) is 44.4 Å². The topological polar surface area (TPSA) is 177 Å². The van der Waals surface area contributed by atoms with E-state index in [-0.39, 0.29) is 117 Å². The Morgan fingerprint density at radius 2 is 1.39 bits per heavy atom. The summed E-state index contributed by atoms with van der Waals surface area (Å²) in [5, 5.41) is 0. The summed E-state index contributed by atoms with van der Waals surface area (Å²) in [6, 6.07) is 0. The van der Waals surface area contributed by atoms with Gasteiger partial charge in [0.1, 0.15) is 28.5 Å². The Labute approximate surface area is 356 Å². The molecule has 0 aromatic carbocycles. The minimum atomic E-state index is -0.601. The van der Waals surface area contributed by atoms with Crippen molar-refractivity contribution in [1.29, 1.82) is 0 Å². The standard InChI is InChI=1S/C24H30O7.C24H30O6/c1-20-11-15-24(29-15)17(13(20)4-8-22(20)9-6-16(26)30-22)12(19(27)28-3)10-23-18(31-23)14(25)5-7-21(23,24)2;1-22-7-4-13(25)10-12(22)11-14(21(27)28-3)17-15-5-8-24(9-6-16(26)30-24)23(15,2)20-19(29-20)18(17)22/h12-13,15,17-18H,4-11H2,1-3H3;10,14-15,17-20H,4-9,11H2,1-3H3/t12-,13?,15-,17?,18-,20-,21-,22?,23-,24-;14-,15?,17?,18?,19+,20+,22-,23+,24?/m00/s1. The van der Waals surface area contributed by atoms with Crippen LogP contribution in [0.15, 0.2) is 11.6 Å². The molecule has 0 bridgehead atoms. The lowest BCUT2D eigenvalue weighted by Gasteiger charge is -2.59. The van der Waals surface area contributed by atoms with Crippen LogP contribution >= 0.6 is 0 Å². The van der Waals surface area contributed by atoms with Crippen LogP contribution in [0.25, 0.3) is 0 Å². The van der Waals surface area contributed by atoms with E-state index in [0.717, 1.165) is 63.4 Å². The fourth-order valence-corrected chi connectivity index (χ4v) is 18.2. The normalized spacial score (nSPS) is 56.8. The van der Waals surface area contributed by atoms with Crippen LogP contribution < -0.4 is 0 Å². The van der Waals surface area contributed by atoms with Gasteiger partial charge in [0.2, 0.25) is 0 Å². The van der Waals surface area contributed by atoms with Gasteiger partial charge < -0.3 is 33.2 Å². The highest BCUT2D eigenvalue weighted by atomic mass is 16.6. The highest BCUT2D eigenvalue weighted by molar-refractivity contribution is 5.92. The van der Waals surface area contributed by atoms with E-state index in [1.807, 2.05) is 0 Å². The first-order valence-corrected chi connectivity index (χ1v) is 23.3.